The first-order valence-electron chi connectivity index (χ1n) is 4.59. The van der Waals surface area contributed by atoms with Gasteiger partial charge < -0.3 is 0 Å². The lowest BCUT2D eigenvalue weighted by molar-refractivity contribution is -0.386. The standard InChI is InChI=1S/C9H11N3O2/c1-5-8(12(13)14)6(2)11-9(10-5)7-3-4-7/h7H,3-4H2,1-2H3. The largest absolute Gasteiger partial charge is 0.311 e. The number of aromatic nitrogens is 2. The Kier molecular flexibility index (Phi) is 1.94. The average molecular weight is 193 g/mol. The van der Waals surface area contributed by atoms with Gasteiger partial charge in [0.1, 0.15) is 17.2 Å². The number of rotatable bonds is 2. The lowest BCUT2D eigenvalue weighted by Gasteiger charge is -2.02. The van der Waals surface area contributed by atoms with E-state index in [2.05, 4.69) is 9.97 Å². The van der Waals surface area contributed by atoms with E-state index in [1.165, 1.54) is 0 Å². The smallest absolute Gasteiger partial charge is 0.258 e. The van der Waals surface area contributed by atoms with E-state index in [4.69, 9.17) is 0 Å². The van der Waals surface area contributed by atoms with Gasteiger partial charge in [0.25, 0.3) is 0 Å². The first-order valence-corrected chi connectivity index (χ1v) is 4.59. The molecule has 0 atom stereocenters. The molecule has 74 valence electrons. The van der Waals surface area contributed by atoms with Crippen molar-refractivity contribution in [3.63, 3.8) is 0 Å². The monoisotopic (exact) mass is 193 g/mol. The van der Waals surface area contributed by atoms with Crippen LogP contribution in [0.2, 0.25) is 0 Å². The highest BCUT2D eigenvalue weighted by molar-refractivity contribution is 5.39. The van der Waals surface area contributed by atoms with Crippen molar-refractivity contribution < 1.29 is 4.92 Å². The van der Waals surface area contributed by atoms with Crippen LogP contribution in [-0.2, 0) is 0 Å². The molecule has 0 amide bonds. The van der Waals surface area contributed by atoms with Crippen LogP contribution in [0.5, 0.6) is 0 Å². The van der Waals surface area contributed by atoms with Crippen molar-refractivity contribution in [1.29, 1.82) is 0 Å². The molecule has 0 unspecified atom stereocenters. The van der Waals surface area contributed by atoms with Crippen molar-refractivity contribution in [3.8, 4) is 0 Å². The highest BCUT2D eigenvalue weighted by Gasteiger charge is 2.29. The molecule has 5 heteroatoms. The van der Waals surface area contributed by atoms with Crippen LogP contribution in [0.25, 0.3) is 0 Å². The SMILES string of the molecule is Cc1nc(C2CC2)nc(C)c1[N+](=O)[O-]. The van der Waals surface area contributed by atoms with Gasteiger partial charge >= 0.3 is 5.69 Å². The summed E-state index contributed by atoms with van der Waals surface area (Å²) in [5.41, 5.74) is 1.00. The minimum Gasteiger partial charge on any atom is -0.258 e. The van der Waals surface area contributed by atoms with Crippen LogP contribution >= 0.6 is 0 Å². The van der Waals surface area contributed by atoms with E-state index in [9.17, 15) is 10.1 Å². The Labute approximate surface area is 81.3 Å². The van der Waals surface area contributed by atoms with Crippen LogP contribution in [-0.4, -0.2) is 14.9 Å². The van der Waals surface area contributed by atoms with Crippen molar-refractivity contribution in [2.45, 2.75) is 32.6 Å². The molecule has 1 aromatic rings. The van der Waals surface area contributed by atoms with Gasteiger partial charge in [-0.2, -0.15) is 0 Å². The number of hydrogen-bond acceptors (Lipinski definition) is 4. The Balaban J connectivity index is 2.49. The van der Waals surface area contributed by atoms with E-state index in [0.717, 1.165) is 18.7 Å². The van der Waals surface area contributed by atoms with Gasteiger partial charge in [0.2, 0.25) is 0 Å². The molecule has 1 saturated carbocycles. The van der Waals surface area contributed by atoms with Crippen molar-refractivity contribution in [3.05, 3.63) is 27.3 Å². The molecule has 1 aliphatic rings. The molecular weight excluding hydrogens is 182 g/mol. The van der Waals surface area contributed by atoms with Gasteiger partial charge in [0.15, 0.2) is 0 Å². The molecule has 1 heterocycles. The van der Waals surface area contributed by atoms with E-state index < -0.39 is 4.92 Å². The maximum Gasteiger partial charge on any atom is 0.311 e. The van der Waals surface area contributed by atoms with E-state index in [-0.39, 0.29) is 5.69 Å². The molecule has 0 saturated heterocycles. The van der Waals surface area contributed by atoms with E-state index >= 15 is 0 Å². The predicted molar refractivity (Wildman–Crippen MR) is 50.1 cm³/mol. The second kappa shape index (κ2) is 3.01. The number of nitrogens with zero attached hydrogens (tertiary/aromatic N) is 3. The third-order valence-electron chi connectivity index (χ3n) is 2.37. The van der Waals surface area contributed by atoms with Crippen molar-refractivity contribution in [2.75, 3.05) is 0 Å². The summed E-state index contributed by atoms with van der Waals surface area (Å²) in [4.78, 5) is 18.6. The van der Waals surface area contributed by atoms with Gasteiger partial charge in [-0.1, -0.05) is 0 Å². The molecule has 1 aliphatic carbocycles. The Morgan fingerprint density at radius 1 is 1.29 bits per heavy atom. The lowest BCUT2D eigenvalue weighted by Crippen LogP contribution is -2.04. The maximum absolute atomic E-state index is 10.7. The minimum absolute atomic E-state index is 0.0504. The molecule has 0 N–H and O–H groups in total. The van der Waals surface area contributed by atoms with E-state index in [0.29, 0.717) is 17.3 Å². The second-order valence-electron chi connectivity index (χ2n) is 3.63. The summed E-state index contributed by atoms with van der Waals surface area (Å²) in [6.45, 7) is 3.33. The van der Waals surface area contributed by atoms with Gasteiger partial charge in [0, 0.05) is 5.92 Å². The van der Waals surface area contributed by atoms with Crippen LogP contribution in [0.3, 0.4) is 0 Å². The molecule has 0 radical (unpaired) electrons. The molecule has 1 fully saturated rings. The summed E-state index contributed by atoms with van der Waals surface area (Å²) in [6.07, 6.45) is 2.22. The van der Waals surface area contributed by atoms with Crippen molar-refractivity contribution >= 4 is 5.69 Å². The van der Waals surface area contributed by atoms with Gasteiger partial charge in [-0.25, -0.2) is 9.97 Å². The van der Waals surface area contributed by atoms with Crippen LogP contribution < -0.4 is 0 Å². The maximum atomic E-state index is 10.7. The Bertz CT molecular complexity index is 376. The van der Waals surface area contributed by atoms with E-state index in [1.807, 2.05) is 0 Å². The third-order valence-corrected chi connectivity index (χ3v) is 2.37. The first kappa shape index (κ1) is 9.05. The lowest BCUT2D eigenvalue weighted by atomic mass is 10.2. The average Bonchev–Trinajstić information content (AvgIpc) is 2.83. The fraction of sp³-hybridized carbons (Fsp3) is 0.556. The molecule has 1 aromatic heterocycles. The normalized spacial score (nSPS) is 15.6. The second-order valence-corrected chi connectivity index (χ2v) is 3.63. The van der Waals surface area contributed by atoms with Crippen molar-refractivity contribution in [1.82, 2.24) is 9.97 Å². The van der Waals surface area contributed by atoms with Crippen LogP contribution in [0.1, 0.15) is 36.0 Å². The van der Waals surface area contributed by atoms with E-state index in [1.54, 1.807) is 13.8 Å². The number of aryl methyl sites for hydroxylation is 2. The summed E-state index contributed by atoms with van der Waals surface area (Å²) >= 11 is 0. The topological polar surface area (TPSA) is 68.9 Å². The third kappa shape index (κ3) is 1.45. The van der Waals surface area contributed by atoms with Gasteiger partial charge in [0.05, 0.1) is 4.92 Å². The zero-order valence-electron chi connectivity index (χ0n) is 8.15. The fourth-order valence-corrected chi connectivity index (χ4v) is 1.52. The molecule has 5 nitrogen and oxygen atoms in total. The van der Waals surface area contributed by atoms with Crippen LogP contribution in [0.4, 0.5) is 5.69 Å². The Morgan fingerprint density at radius 2 is 1.79 bits per heavy atom. The zero-order chi connectivity index (χ0) is 10.3. The van der Waals surface area contributed by atoms with Gasteiger partial charge in [-0.15, -0.1) is 0 Å². The molecule has 2 rings (SSSR count). The van der Waals surface area contributed by atoms with Crippen LogP contribution in [0.15, 0.2) is 0 Å². The molecule has 14 heavy (non-hydrogen) atoms. The minimum atomic E-state index is -0.415. The highest BCUT2D eigenvalue weighted by atomic mass is 16.6. The Hall–Kier alpha value is -1.52. The Morgan fingerprint density at radius 3 is 2.14 bits per heavy atom. The predicted octanol–water partition coefficient (Wildman–Crippen LogP) is 1.88. The van der Waals surface area contributed by atoms with Gasteiger partial charge in [-0.3, -0.25) is 10.1 Å². The number of nitro groups is 1. The van der Waals surface area contributed by atoms with Crippen molar-refractivity contribution in [2.24, 2.45) is 0 Å². The quantitative estimate of drug-likeness (QED) is 0.531. The molecule has 0 aromatic carbocycles. The molecule has 0 bridgehead atoms. The number of hydrogen-bond donors (Lipinski definition) is 0. The molecule has 0 spiro atoms. The summed E-state index contributed by atoms with van der Waals surface area (Å²) in [6, 6.07) is 0. The van der Waals surface area contributed by atoms with Gasteiger partial charge in [-0.05, 0) is 26.7 Å². The fourth-order valence-electron chi connectivity index (χ4n) is 1.52. The highest BCUT2D eigenvalue weighted by Crippen LogP contribution is 2.38. The summed E-state index contributed by atoms with van der Waals surface area (Å²) in [5, 5.41) is 10.7. The van der Waals surface area contributed by atoms with Crippen LogP contribution in [0, 0.1) is 24.0 Å². The molecular formula is C9H11N3O2. The zero-order valence-corrected chi connectivity index (χ0v) is 8.15. The summed E-state index contributed by atoms with van der Waals surface area (Å²) in [5.74, 6) is 1.21. The summed E-state index contributed by atoms with van der Waals surface area (Å²) < 4.78 is 0. The molecule has 0 aliphatic heterocycles. The summed E-state index contributed by atoms with van der Waals surface area (Å²) in [7, 11) is 0. The first-order chi connectivity index (χ1) is 6.59.